The number of hydrogen-bond acceptors (Lipinski definition) is 9. The van der Waals surface area contributed by atoms with E-state index in [0.717, 1.165) is 23.8 Å². The molecule has 0 amide bonds. The molecule has 0 spiro atoms. The average Bonchev–Trinajstić information content (AvgIpc) is 2.84. The van der Waals surface area contributed by atoms with Crippen molar-refractivity contribution in [3.05, 3.63) is 54.2 Å². The highest BCUT2D eigenvalue weighted by Crippen LogP contribution is 2.48. The summed E-state index contributed by atoms with van der Waals surface area (Å²) in [6, 6.07) is 9.26. The third kappa shape index (κ3) is 11.3. The van der Waals surface area contributed by atoms with Crippen molar-refractivity contribution in [1.82, 2.24) is 0 Å². The Bertz CT molecular complexity index is 1220. The zero-order valence-corrected chi connectivity index (χ0v) is 29.9. The molecule has 0 aromatic heterocycles. The van der Waals surface area contributed by atoms with Crippen LogP contribution in [0.3, 0.4) is 0 Å². The molecule has 2 aromatic rings. The summed E-state index contributed by atoms with van der Waals surface area (Å²) in [7, 11) is -4.02. The van der Waals surface area contributed by atoms with Gasteiger partial charge in [0.05, 0.1) is 10.8 Å². The molecule has 1 N–H and O–H groups in total. The van der Waals surface area contributed by atoms with Gasteiger partial charge in [0.2, 0.25) is 13.6 Å². The van der Waals surface area contributed by atoms with Crippen LogP contribution in [0.4, 0.5) is 0 Å². The first-order valence-corrected chi connectivity index (χ1v) is 16.9. The van der Waals surface area contributed by atoms with Gasteiger partial charge in [0.25, 0.3) is 0 Å². The molecule has 0 bridgehead atoms. The van der Waals surface area contributed by atoms with E-state index in [4.69, 9.17) is 23.3 Å². The van der Waals surface area contributed by atoms with Crippen molar-refractivity contribution in [2.75, 3.05) is 19.9 Å². The number of esters is 2. The first-order chi connectivity index (χ1) is 18.8. The highest BCUT2D eigenvalue weighted by molar-refractivity contribution is 14.1. The number of carbonyl (C=O) groups excluding carboxylic acids is 2. The molecule has 2 aromatic carbocycles. The van der Waals surface area contributed by atoms with Crippen molar-refractivity contribution < 1.29 is 42.5 Å². The number of benzene rings is 2. The van der Waals surface area contributed by atoms with E-state index in [2.05, 4.69) is 45.2 Å². The van der Waals surface area contributed by atoms with Crippen LogP contribution in [0, 0.1) is 18.0 Å². The van der Waals surface area contributed by atoms with Crippen LogP contribution < -0.4 is 4.74 Å². The number of hydrogen-bond donors (Lipinski definition) is 1. The number of aromatic hydroxyl groups is 1. The predicted octanol–water partition coefficient (Wildman–Crippen LogP) is 7.97. The standard InChI is InChI=1S/C29H39I2O9P/c1-18(2)21-11-19(9-10-25(21)32)12-22-23(30)13-20(14-24(22)31)38-17-41(35,39-15-36-26(33)28(3,4)5)40-16-37-27(34)29(6,7)8/h9-11,13-14,18,32H,12,15-17H2,1-8H3. The molecule has 9 nitrogen and oxygen atoms in total. The van der Waals surface area contributed by atoms with Crippen molar-refractivity contribution in [3.63, 3.8) is 0 Å². The van der Waals surface area contributed by atoms with Gasteiger partial charge in [0.1, 0.15) is 11.5 Å². The van der Waals surface area contributed by atoms with E-state index in [0.29, 0.717) is 12.2 Å². The quantitative estimate of drug-likeness (QED) is 0.0986. The maximum Gasteiger partial charge on any atom is 0.373 e. The van der Waals surface area contributed by atoms with Crippen molar-refractivity contribution in [1.29, 1.82) is 0 Å². The van der Waals surface area contributed by atoms with Crippen molar-refractivity contribution in [2.45, 2.75) is 67.7 Å². The molecule has 0 aliphatic carbocycles. The normalized spacial score (nSPS) is 12.4. The van der Waals surface area contributed by atoms with E-state index < -0.39 is 50.3 Å². The Balaban J connectivity index is 2.17. The number of ether oxygens (including phenoxy) is 3. The van der Waals surface area contributed by atoms with Crippen LogP contribution in [0.2, 0.25) is 0 Å². The first kappa shape index (κ1) is 35.8. The molecule has 12 heteroatoms. The average molecular weight is 816 g/mol. The third-order valence-corrected chi connectivity index (χ3v) is 9.07. The highest BCUT2D eigenvalue weighted by Gasteiger charge is 2.31. The summed E-state index contributed by atoms with van der Waals surface area (Å²) in [6.07, 6.45) is 0.147. The van der Waals surface area contributed by atoms with E-state index in [1.54, 1.807) is 47.6 Å². The lowest BCUT2D eigenvalue weighted by Gasteiger charge is -2.22. The molecule has 228 valence electrons. The number of rotatable bonds is 12. The fourth-order valence-corrected chi connectivity index (χ4v) is 6.28. The lowest BCUT2D eigenvalue weighted by molar-refractivity contribution is -0.162. The monoisotopic (exact) mass is 816 g/mol. The first-order valence-electron chi connectivity index (χ1n) is 13.0. The van der Waals surface area contributed by atoms with E-state index in [9.17, 15) is 19.3 Å². The Hall–Kier alpha value is -1.41. The van der Waals surface area contributed by atoms with Crippen LogP contribution in [-0.2, 0) is 39.1 Å². The molecule has 0 radical (unpaired) electrons. The van der Waals surface area contributed by atoms with Crippen LogP contribution >= 0.6 is 52.8 Å². The zero-order chi connectivity index (χ0) is 31.2. The summed E-state index contributed by atoms with van der Waals surface area (Å²) < 4.78 is 42.0. The second-order valence-corrected chi connectivity index (χ2v) is 16.2. The topological polar surface area (TPSA) is 118 Å². The van der Waals surface area contributed by atoms with Crippen LogP contribution in [0.5, 0.6) is 11.5 Å². The molecule has 41 heavy (non-hydrogen) atoms. The second kappa shape index (κ2) is 14.9. The maximum absolute atomic E-state index is 13.5. The maximum atomic E-state index is 13.5. The minimum absolute atomic E-state index is 0.193. The van der Waals surface area contributed by atoms with Crippen LogP contribution in [0.1, 0.15) is 78.0 Å². The summed E-state index contributed by atoms with van der Waals surface area (Å²) in [4.78, 5) is 24.2. The molecule has 0 fully saturated rings. The van der Waals surface area contributed by atoms with Gasteiger partial charge in [-0.2, -0.15) is 0 Å². The zero-order valence-electron chi connectivity index (χ0n) is 24.7. The van der Waals surface area contributed by atoms with E-state index in [-0.39, 0.29) is 11.7 Å². The summed E-state index contributed by atoms with van der Waals surface area (Å²) in [5.74, 6) is -0.178. The van der Waals surface area contributed by atoms with Gasteiger partial charge < -0.3 is 19.3 Å². The molecule has 0 saturated carbocycles. The molecule has 2 rings (SSSR count). The molecule has 0 saturated heterocycles. The number of phenolic OH excluding ortho intramolecular Hbond substituents is 1. The van der Waals surface area contributed by atoms with Gasteiger partial charge in [0, 0.05) is 7.14 Å². The fourth-order valence-electron chi connectivity index (χ4n) is 3.23. The number of halogens is 2. The van der Waals surface area contributed by atoms with Gasteiger partial charge in [-0.3, -0.25) is 23.2 Å². The number of carbonyl (C=O) groups is 2. The predicted molar refractivity (Wildman–Crippen MR) is 173 cm³/mol. The van der Waals surface area contributed by atoms with Gasteiger partial charge in [0.15, 0.2) is 6.35 Å². The SMILES string of the molecule is CC(C)c1cc(Cc2c(I)cc(OCP(=O)(OCOC(=O)C(C)(C)C)OCOC(=O)C(C)(C)C)cc2I)ccc1O. The molecule has 0 atom stereocenters. The number of phenols is 1. The molecule has 0 unspecified atom stereocenters. The third-order valence-electron chi connectivity index (χ3n) is 5.70. The Morgan fingerprint density at radius 1 is 0.878 bits per heavy atom. The summed E-state index contributed by atoms with van der Waals surface area (Å²) in [6.45, 7) is 12.9. The Kier molecular flexibility index (Phi) is 13.0. The lowest BCUT2D eigenvalue weighted by atomic mass is 9.96. The molecule has 0 heterocycles. The van der Waals surface area contributed by atoms with Crippen molar-refractivity contribution >= 4 is 64.7 Å². The van der Waals surface area contributed by atoms with E-state index in [1.807, 2.05) is 38.1 Å². The van der Waals surface area contributed by atoms with Gasteiger partial charge in [-0.05, 0) is 134 Å². The Morgan fingerprint density at radius 3 is 1.80 bits per heavy atom. The van der Waals surface area contributed by atoms with Gasteiger partial charge in [-0.25, -0.2) is 0 Å². The van der Waals surface area contributed by atoms with Crippen LogP contribution in [0.15, 0.2) is 30.3 Å². The van der Waals surface area contributed by atoms with Gasteiger partial charge >= 0.3 is 19.5 Å². The van der Waals surface area contributed by atoms with Crippen molar-refractivity contribution in [2.24, 2.45) is 10.8 Å². The second-order valence-electron chi connectivity index (χ2n) is 11.8. The fraction of sp³-hybridized carbons (Fsp3) is 0.517. The summed E-state index contributed by atoms with van der Waals surface area (Å²) in [5, 5.41) is 10.2. The van der Waals surface area contributed by atoms with Crippen LogP contribution in [-0.4, -0.2) is 37.0 Å². The lowest BCUT2D eigenvalue weighted by Crippen LogP contribution is -2.25. The smallest absolute Gasteiger partial charge is 0.373 e. The van der Waals surface area contributed by atoms with E-state index in [1.165, 1.54) is 0 Å². The minimum atomic E-state index is -4.02. The Morgan fingerprint density at radius 2 is 1.37 bits per heavy atom. The molecular formula is C29H39I2O9P. The minimum Gasteiger partial charge on any atom is -0.508 e. The van der Waals surface area contributed by atoms with E-state index >= 15 is 0 Å². The Labute approximate surface area is 269 Å². The molecule has 0 aliphatic heterocycles. The molecule has 0 aliphatic rings. The van der Waals surface area contributed by atoms with Crippen LogP contribution in [0.25, 0.3) is 0 Å². The van der Waals surface area contributed by atoms with Crippen molar-refractivity contribution in [3.8, 4) is 11.5 Å². The van der Waals surface area contributed by atoms with Gasteiger partial charge in [-0.15, -0.1) is 0 Å². The summed E-state index contributed by atoms with van der Waals surface area (Å²) in [5.41, 5.74) is 1.48. The molecular weight excluding hydrogens is 777 g/mol. The summed E-state index contributed by atoms with van der Waals surface area (Å²) >= 11 is 4.44. The highest BCUT2D eigenvalue weighted by atomic mass is 127. The van der Waals surface area contributed by atoms with Gasteiger partial charge in [-0.1, -0.05) is 26.0 Å². The largest absolute Gasteiger partial charge is 0.508 e.